The molecule has 37 heavy (non-hydrogen) atoms. The lowest BCUT2D eigenvalue weighted by atomic mass is 10.0. The highest BCUT2D eigenvalue weighted by Crippen LogP contribution is 2.10. The standard InChI is InChI=1S/C26H38N4O7/c1-17(2)24(26(36)28-18(3)25(35)29-20-11-9-19(16-31)10-12-20)30-22(33)8-6-5-7-15-27-21(32)13-14-23(34)37-4/h9-14,17-18,24,31H,5-8,15-16H2,1-4H3,(H,27,32)(H,28,36)(H,29,35)(H,30,33)/b14-13+/t18-,24-/m0/s1. The van der Waals surface area contributed by atoms with Crippen molar-refractivity contribution in [2.24, 2.45) is 5.92 Å². The summed E-state index contributed by atoms with van der Waals surface area (Å²) in [5.41, 5.74) is 1.25. The molecule has 0 bridgehead atoms. The molecule has 11 nitrogen and oxygen atoms in total. The number of amides is 4. The summed E-state index contributed by atoms with van der Waals surface area (Å²) in [5, 5.41) is 19.8. The summed E-state index contributed by atoms with van der Waals surface area (Å²) in [4.78, 5) is 60.1. The van der Waals surface area contributed by atoms with E-state index < -0.39 is 35.8 Å². The molecule has 5 N–H and O–H groups in total. The Bertz CT molecular complexity index is 945. The summed E-state index contributed by atoms with van der Waals surface area (Å²) in [5.74, 6) is -2.36. The van der Waals surface area contributed by atoms with Gasteiger partial charge in [0.15, 0.2) is 0 Å². The lowest BCUT2D eigenvalue weighted by Gasteiger charge is -2.24. The highest BCUT2D eigenvalue weighted by Gasteiger charge is 2.26. The van der Waals surface area contributed by atoms with Gasteiger partial charge in [0.1, 0.15) is 12.1 Å². The Morgan fingerprint density at radius 2 is 1.59 bits per heavy atom. The summed E-state index contributed by atoms with van der Waals surface area (Å²) >= 11 is 0. The molecule has 0 aliphatic rings. The first-order valence-electron chi connectivity index (χ1n) is 12.2. The molecular weight excluding hydrogens is 480 g/mol. The van der Waals surface area contributed by atoms with E-state index in [-0.39, 0.29) is 24.9 Å². The van der Waals surface area contributed by atoms with Crippen molar-refractivity contribution < 1.29 is 33.8 Å². The highest BCUT2D eigenvalue weighted by atomic mass is 16.5. The molecule has 0 aliphatic heterocycles. The second-order valence-electron chi connectivity index (χ2n) is 8.82. The fraction of sp³-hybridized carbons (Fsp3) is 0.500. The number of rotatable bonds is 15. The minimum Gasteiger partial charge on any atom is -0.466 e. The van der Waals surface area contributed by atoms with Crippen molar-refractivity contribution in [3.05, 3.63) is 42.0 Å². The van der Waals surface area contributed by atoms with E-state index in [0.29, 0.717) is 37.1 Å². The minimum absolute atomic E-state index is 0.0984. The molecular formula is C26H38N4O7. The van der Waals surface area contributed by atoms with Gasteiger partial charge in [0.25, 0.3) is 0 Å². The summed E-state index contributed by atoms with van der Waals surface area (Å²) in [7, 11) is 1.22. The Kier molecular flexibility index (Phi) is 14.3. The van der Waals surface area contributed by atoms with Gasteiger partial charge in [-0.2, -0.15) is 0 Å². The van der Waals surface area contributed by atoms with E-state index in [4.69, 9.17) is 5.11 Å². The van der Waals surface area contributed by atoms with Crippen molar-refractivity contribution in [3.8, 4) is 0 Å². The minimum atomic E-state index is -0.833. The van der Waals surface area contributed by atoms with Gasteiger partial charge in [-0.3, -0.25) is 19.2 Å². The molecule has 1 aromatic rings. The molecule has 1 aromatic carbocycles. The number of carbonyl (C=O) groups is 5. The van der Waals surface area contributed by atoms with Crippen molar-refractivity contribution in [2.75, 3.05) is 19.0 Å². The number of esters is 1. The van der Waals surface area contributed by atoms with Gasteiger partial charge in [0.05, 0.1) is 13.7 Å². The first-order chi connectivity index (χ1) is 17.6. The van der Waals surface area contributed by atoms with Gasteiger partial charge < -0.3 is 31.1 Å². The first kappa shape index (κ1) is 31.3. The zero-order valence-corrected chi connectivity index (χ0v) is 21.8. The largest absolute Gasteiger partial charge is 0.466 e. The third-order valence-electron chi connectivity index (χ3n) is 5.37. The number of hydrogen-bond donors (Lipinski definition) is 5. The molecule has 2 atom stereocenters. The molecule has 0 aromatic heterocycles. The Labute approximate surface area is 217 Å². The van der Waals surface area contributed by atoms with Crippen molar-refractivity contribution in [3.63, 3.8) is 0 Å². The molecule has 204 valence electrons. The lowest BCUT2D eigenvalue weighted by Crippen LogP contribution is -2.53. The van der Waals surface area contributed by atoms with Crippen LogP contribution < -0.4 is 21.3 Å². The second-order valence-corrected chi connectivity index (χ2v) is 8.82. The Morgan fingerprint density at radius 1 is 0.919 bits per heavy atom. The van der Waals surface area contributed by atoms with Crippen molar-refractivity contribution in [1.82, 2.24) is 16.0 Å². The lowest BCUT2D eigenvalue weighted by molar-refractivity contribution is -0.135. The number of hydrogen-bond acceptors (Lipinski definition) is 7. The number of nitrogens with one attached hydrogen (secondary N) is 4. The second kappa shape index (κ2) is 16.9. The van der Waals surface area contributed by atoms with Crippen LogP contribution in [0.3, 0.4) is 0 Å². The van der Waals surface area contributed by atoms with Crippen molar-refractivity contribution >= 4 is 35.3 Å². The van der Waals surface area contributed by atoms with Gasteiger partial charge in [-0.1, -0.05) is 32.4 Å². The Hall–Kier alpha value is -3.73. The van der Waals surface area contributed by atoms with Crippen LogP contribution in [0.2, 0.25) is 0 Å². The predicted octanol–water partition coefficient (Wildman–Crippen LogP) is 1.17. The highest BCUT2D eigenvalue weighted by molar-refractivity contribution is 5.98. The number of benzene rings is 1. The molecule has 0 heterocycles. The van der Waals surface area contributed by atoms with Crippen LogP contribution in [0.25, 0.3) is 0 Å². The number of unbranched alkanes of at least 4 members (excludes halogenated alkanes) is 2. The number of anilines is 1. The molecule has 1 rings (SSSR count). The molecule has 0 spiro atoms. The average molecular weight is 519 g/mol. The van der Waals surface area contributed by atoms with Crippen LogP contribution in [-0.4, -0.2) is 60.4 Å². The fourth-order valence-electron chi connectivity index (χ4n) is 3.16. The van der Waals surface area contributed by atoms with Gasteiger partial charge in [-0.05, 0) is 43.4 Å². The van der Waals surface area contributed by atoms with Gasteiger partial charge in [-0.15, -0.1) is 0 Å². The van der Waals surface area contributed by atoms with E-state index in [9.17, 15) is 24.0 Å². The van der Waals surface area contributed by atoms with E-state index in [1.807, 2.05) is 0 Å². The quantitative estimate of drug-likeness (QED) is 0.132. The normalized spacial score (nSPS) is 12.5. The SMILES string of the molecule is COC(=O)/C=C/C(=O)NCCCCCC(=O)N[C@H](C(=O)N[C@@H](C)C(=O)Nc1ccc(CO)cc1)C(C)C. The van der Waals surface area contributed by atoms with Gasteiger partial charge in [-0.25, -0.2) is 4.79 Å². The van der Waals surface area contributed by atoms with Gasteiger partial charge >= 0.3 is 5.97 Å². The molecule has 0 unspecified atom stereocenters. The third kappa shape index (κ3) is 12.7. The van der Waals surface area contributed by atoms with Crippen molar-refractivity contribution in [1.29, 1.82) is 0 Å². The van der Waals surface area contributed by atoms with E-state index >= 15 is 0 Å². The molecule has 11 heteroatoms. The Balaban J connectivity index is 2.40. The van der Waals surface area contributed by atoms with E-state index in [1.165, 1.54) is 7.11 Å². The van der Waals surface area contributed by atoms with Crippen LogP contribution in [0.5, 0.6) is 0 Å². The van der Waals surface area contributed by atoms with Gasteiger partial charge in [0.2, 0.25) is 23.6 Å². The summed E-state index contributed by atoms with van der Waals surface area (Å²) in [6.07, 6.45) is 4.24. The molecule has 4 amide bonds. The third-order valence-corrected chi connectivity index (χ3v) is 5.37. The molecule has 0 saturated heterocycles. The zero-order chi connectivity index (χ0) is 27.8. The maximum atomic E-state index is 12.8. The fourth-order valence-corrected chi connectivity index (χ4v) is 3.16. The average Bonchev–Trinajstić information content (AvgIpc) is 2.87. The molecule has 0 fully saturated rings. The van der Waals surface area contributed by atoms with Crippen molar-refractivity contribution in [2.45, 2.75) is 65.1 Å². The molecule has 0 saturated carbocycles. The van der Waals surface area contributed by atoms with E-state index in [1.54, 1.807) is 45.0 Å². The number of carbonyl (C=O) groups excluding carboxylic acids is 5. The van der Waals surface area contributed by atoms with Gasteiger partial charge in [0, 0.05) is 30.8 Å². The topological polar surface area (TPSA) is 163 Å². The number of methoxy groups -OCH3 is 1. The first-order valence-corrected chi connectivity index (χ1v) is 12.2. The zero-order valence-electron chi connectivity index (χ0n) is 21.8. The Morgan fingerprint density at radius 3 is 2.19 bits per heavy atom. The maximum Gasteiger partial charge on any atom is 0.330 e. The van der Waals surface area contributed by atoms with Crippen LogP contribution in [0.15, 0.2) is 36.4 Å². The molecule has 0 aliphatic carbocycles. The van der Waals surface area contributed by atoms with Crippen LogP contribution >= 0.6 is 0 Å². The van der Waals surface area contributed by atoms with E-state index in [2.05, 4.69) is 26.0 Å². The van der Waals surface area contributed by atoms with Crippen LogP contribution in [-0.2, 0) is 35.3 Å². The van der Waals surface area contributed by atoms with E-state index in [0.717, 1.165) is 12.2 Å². The summed E-state index contributed by atoms with van der Waals surface area (Å²) in [6, 6.07) is 5.05. The maximum absolute atomic E-state index is 12.8. The number of aliphatic hydroxyl groups excluding tert-OH is 1. The summed E-state index contributed by atoms with van der Waals surface area (Å²) < 4.78 is 4.40. The smallest absolute Gasteiger partial charge is 0.330 e. The predicted molar refractivity (Wildman–Crippen MR) is 138 cm³/mol. The molecule has 0 radical (unpaired) electrons. The number of aliphatic hydroxyl groups is 1. The van der Waals surface area contributed by atoms with Crippen LogP contribution in [0, 0.1) is 5.92 Å². The summed E-state index contributed by atoms with van der Waals surface area (Å²) in [6.45, 7) is 5.45. The van der Waals surface area contributed by atoms with Crippen LogP contribution in [0.4, 0.5) is 5.69 Å². The number of ether oxygens (including phenoxy) is 1. The van der Waals surface area contributed by atoms with Crippen LogP contribution in [0.1, 0.15) is 52.0 Å². The monoisotopic (exact) mass is 518 g/mol.